The summed E-state index contributed by atoms with van der Waals surface area (Å²) in [7, 11) is 0. The molecule has 3 rings (SSSR count). The molecule has 106 valence electrons. The van der Waals surface area contributed by atoms with Crippen molar-refractivity contribution in [2.75, 3.05) is 18.0 Å². The van der Waals surface area contributed by atoms with Gasteiger partial charge >= 0.3 is 0 Å². The van der Waals surface area contributed by atoms with Gasteiger partial charge in [0, 0.05) is 25.0 Å². The first-order valence-corrected chi connectivity index (χ1v) is 7.61. The molecule has 0 spiro atoms. The quantitative estimate of drug-likeness (QED) is 0.909. The molecule has 0 bridgehead atoms. The summed E-state index contributed by atoms with van der Waals surface area (Å²) in [6.45, 7) is 5.06. The lowest BCUT2D eigenvalue weighted by atomic mass is 10.0. The molecule has 0 saturated carbocycles. The van der Waals surface area contributed by atoms with Crippen LogP contribution >= 0.6 is 0 Å². The molecule has 1 fully saturated rings. The van der Waals surface area contributed by atoms with Crippen molar-refractivity contribution in [3.63, 3.8) is 0 Å². The normalized spacial score (nSPS) is 20.1. The zero-order valence-corrected chi connectivity index (χ0v) is 12.2. The maximum absolute atomic E-state index is 5.81. The van der Waals surface area contributed by atoms with Crippen LogP contribution in [0.4, 0.5) is 5.82 Å². The Balaban J connectivity index is 2.04. The average molecular weight is 269 g/mol. The second-order valence-corrected chi connectivity index (χ2v) is 5.89. The van der Waals surface area contributed by atoms with Gasteiger partial charge in [-0.15, -0.1) is 0 Å². The van der Waals surface area contributed by atoms with Crippen molar-refractivity contribution in [3.05, 3.63) is 36.0 Å². The molecular formula is C17H23N3. The van der Waals surface area contributed by atoms with E-state index >= 15 is 0 Å². The Morgan fingerprint density at radius 1 is 1.25 bits per heavy atom. The molecule has 1 aromatic carbocycles. The third kappa shape index (κ3) is 2.63. The molecule has 2 aromatic rings. The molecule has 1 unspecified atom stereocenters. The van der Waals surface area contributed by atoms with Crippen LogP contribution in [0, 0.1) is 5.92 Å². The number of nitrogens with two attached hydrogens (primary N) is 1. The van der Waals surface area contributed by atoms with Crippen molar-refractivity contribution in [1.82, 2.24) is 4.98 Å². The van der Waals surface area contributed by atoms with Gasteiger partial charge in [-0.2, -0.15) is 0 Å². The van der Waals surface area contributed by atoms with Gasteiger partial charge in [0.2, 0.25) is 0 Å². The topological polar surface area (TPSA) is 42.2 Å². The van der Waals surface area contributed by atoms with E-state index in [9.17, 15) is 0 Å². The number of anilines is 1. The fourth-order valence-electron chi connectivity index (χ4n) is 3.05. The SMILES string of the molecule is CC1CCCN(c2nc(CN)cc3ccccc23)CC1. The molecule has 1 aliphatic heterocycles. The molecule has 1 aliphatic rings. The minimum atomic E-state index is 0.502. The van der Waals surface area contributed by atoms with Gasteiger partial charge in [-0.1, -0.05) is 31.2 Å². The van der Waals surface area contributed by atoms with Crippen LogP contribution in [-0.4, -0.2) is 18.1 Å². The number of pyridine rings is 1. The Hall–Kier alpha value is -1.61. The van der Waals surface area contributed by atoms with Crippen molar-refractivity contribution in [1.29, 1.82) is 0 Å². The number of nitrogens with zero attached hydrogens (tertiary/aromatic N) is 2. The van der Waals surface area contributed by atoms with Crippen LogP contribution in [0.15, 0.2) is 30.3 Å². The summed E-state index contributed by atoms with van der Waals surface area (Å²) in [6.07, 6.45) is 3.83. The molecule has 3 nitrogen and oxygen atoms in total. The highest BCUT2D eigenvalue weighted by Crippen LogP contribution is 2.28. The van der Waals surface area contributed by atoms with Crippen molar-refractivity contribution < 1.29 is 0 Å². The highest BCUT2D eigenvalue weighted by molar-refractivity contribution is 5.92. The molecular weight excluding hydrogens is 246 g/mol. The summed E-state index contributed by atoms with van der Waals surface area (Å²) in [5.74, 6) is 1.95. The summed E-state index contributed by atoms with van der Waals surface area (Å²) in [5.41, 5.74) is 6.79. The molecule has 1 atom stereocenters. The van der Waals surface area contributed by atoms with Crippen molar-refractivity contribution in [2.45, 2.75) is 32.7 Å². The Labute approximate surface area is 120 Å². The molecule has 2 N–H and O–H groups in total. The molecule has 0 amide bonds. The third-order valence-corrected chi connectivity index (χ3v) is 4.30. The van der Waals surface area contributed by atoms with E-state index in [0.29, 0.717) is 6.54 Å². The van der Waals surface area contributed by atoms with Crippen LogP contribution in [0.3, 0.4) is 0 Å². The summed E-state index contributed by atoms with van der Waals surface area (Å²) in [4.78, 5) is 7.26. The Bertz CT molecular complexity index is 594. The van der Waals surface area contributed by atoms with Crippen molar-refractivity contribution in [3.8, 4) is 0 Å². The Kier molecular flexibility index (Phi) is 3.88. The first kappa shape index (κ1) is 13.4. The van der Waals surface area contributed by atoms with E-state index in [0.717, 1.165) is 30.5 Å². The van der Waals surface area contributed by atoms with E-state index < -0.39 is 0 Å². The summed E-state index contributed by atoms with van der Waals surface area (Å²) < 4.78 is 0. The first-order chi connectivity index (χ1) is 9.78. The number of hydrogen-bond donors (Lipinski definition) is 1. The van der Waals surface area contributed by atoms with Crippen molar-refractivity contribution >= 4 is 16.6 Å². The van der Waals surface area contributed by atoms with E-state index in [1.54, 1.807) is 0 Å². The van der Waals surface area contributed by atoms with Gasteiger partial charge in [0.05, 0.1) is 5.69 Å². The number of hydrogen-bond acceptors (Lipinski definition) is 3. The van der Waals surface area contributed by atoms with Crippen LogP contribution in [0.5, 0.6) is 0 Å². The molecule has 0 radical (unpaired) electrons. The van der Waals surface area contributed by atoms with Gasteiger partial charge in [0.25, 0.3) is 0 Å². The maximum Gasteiger partial charge on any atom is 0.136 e. The molecule has 1 saturated heterocycles. The molecule has 3 heteroatoms. The van der Waals surface area contributed by atoms with Gasteiger partial charge < -0.3 is 10.6 Å². The average Bonchev–Trinajstić information content (AvgIpc) is 2.71. The second kappa shape index (κ2) is 5.80. The van der Waals surface area contributed by atoms with Crippen LogP contribution in [-0.2, 0) is 6.54 Å². The van der Waals surface area contributed by atoms with E-state index in [-0.39, 0.29) is 0 Å². The lowest BCUT2D eigenvalue weighted by Crippen LogP contribution is -2.26. The number of benzene rings is 1. The number of fused-ring (bicyclic) bond motifs is 1. The van der Waals surface area contributed by atoms with Crippen molar-refractivity contribution in [2.24, 2.45) is 11.7 Å². The zero-order chi connectivity index (χ0) is 13.9. The fourth-order valence-corrected chi connectivity index (χ4v) is 3.05. The van der Waals surface area contributed by atoms with E-state index in [1.165, 1.54) is 30.0 Å². The van der Waals surface area contributed by atoms with Crippen LogP contribution in [0.25, 0.3) is 10.8 Å². The number of rotatable bonds is 2. The van der Waals surface area contributed by atoms with E-state index in [1.807, 2.05) is 0 Å². The standard InChI is InChI=1S/C17H23N3/c1-13-5-4-9-20(10-8-13)17-16-7-3-2-6-14(16)11-15(12-18)19-17/h2-3,6-7,11,13H,4-5,8-10,12,18H2,1H3. The van der Waals surface area contributed by atoms with E-state index in [4.69, 9.17) is 10.7 Å². The van der Waals surface area contributed by atoms with Gasteiger partial charge in [-0.25, -0.2) is 4.98 Å². The lowest BCUT2D eigenvalue weighted by Gasteiger charge is -2.24. The van der Waals surface area contributed by atoms with E-state index in [2.05, 4.69) is 42.2 Å². The summed E-state index contributed by atoms with van der Waals surface area (Å²) in [5, 5.41) is 2.49. The Morgan fingerprint density at radius 3 is 2.95 bits per heavy atom. The molecule has 20 heavy (non-hydrogen) atoms. The monoisotopic (exact) mass is 269 g/mol. The van der Waals surface area contributed by atoms with Crippen LogP contribution < -0.4 is 10.6 Å². The minimum absolute atomic E-state index is 0.502. The fraction of sp³-hybridized carbons (Fsp3) is 0.471. The number of aromatic nitrogens is 1. The smallest absolute Gasteiger partial charge is 0.136 e. The van der Waals surface area contributed by atoms with Crippen LogP contribution in [0.1, 0.15) is 31.9 Å². The molecule has 1 aromatic heterocycles. The van der Waals surface area contributed by atoms with Crippen LogP contribution in [0.2, 0.25) is 0 Å². The Morgan fingerprint density at radius 2 is 2.10 bits per heavy atom. The second-order valence-electron chi connectivity index (χ2n) is 5.89. The van der Waals surface area contributed by atoms with Gasteiger partial charge in [0.1, 0.15) is 5.82 Å². The van der Waals surface area contributed by atoms with Gasteiger partial charge in [-0.05, 0) is 36.6 Å². The predicted molar refractivity (Wildman–Crippen MR) is 84.9 cm³/mol. The van der Waals surface area contributed by atoms with Gasteiger partial charge in [-0.3, -0.25) is 0 Å². The first-order valence-electron chi connectivity index (χ1n) is 7.61. The highest BCUT2D eigenvalue weighted by Gasteiger charge is 2.17. The molecule has 2 heterocycles. The minimum Gasteiger partial charge on any atom is -0.356 e. The zero-order valence-electron chi connectivity index (χ0n) is 12.2. The largest absolute Gasteiger partial charge is 0.356 e. The summed E-state index contributed by atoms with van der Waals surface area (Å²) in [6, 6.07) is 10.6. The highest BCUT2D eigenvalue weighted by atomic mass is 15.2. The third-order valence-electron chi connectivity index (χ3n) is 4.30. The summed E-state index contributed by atoms with van der Waals surface area (Å²) >= 11 is 0. The predicted octanol–water partition coefficient (Wildman–Crippen LogP) is 3.32. The lowest BCUT2D eigenvalue weighted by molar-refractivity contribution is 0.521. The molecule has 0 aliphatic carbocycles. The van der Waals surface area contributed by atoms with Gasteiger partial charge in [0.15, 0.2) is 0 Å². The maximum atomic E-state index is 5.81.